The van der Waals surface area contributed by atoms with Crippen molar-refractivity contribution >= 4 is 0 Å². The summed E-state index contributed by atoms with van der Waals surface area (Å²) in [7, 11) is 3.86. The minimum atomic E-state index is -0.0670. The molecule has 2 rings (SSSR count). The van der Waals surface area contributed by atoms with Crippen LogP contribution in [0.5, 0.6) is 0 Å². The summed E-state index contributed by atoms with van der Waals surface area (Å²) >= 11 is 0. The van der Waals surface area contributed by atoms with E-state index in [2.05, 4.69) is 23.3 Å². The first-order valence-corrected chi connectivity index (χ1v) is 6.86. The second-order valence-electron chi connectivity index (χ2n) is 5.35. The summed E-state index contributed by atoms with van der Waals surface area (Å²) in [6.45, 7) is 2.09. The van der Waals surface area contributed by atoms with Gasteiger partial charge in [-0.15, -0.1) is 0 Å². The van der Waals surface area contributed by atoms with Crippen LogP contribution in [-0.2, 0) is 4.74 Å². The first kappa shape index (κ1) is 13.5. The van der Waals surface area contributed by atoms with Crippen LogP contribution in [0.2, 0.25) is 0 Å². The molecule has 1 fully saturated rings. The van der Waals surface area contributed by atoms with Crippen molar-refractivity contribution in [2.45, 2.75) is 50.7 Å². The van der Waals surface area contributed by atoms with E-state index in [4.69, 9.17) is 4.74 Å². The third kappa shape index (κ3) is 2.57. The number of hydrogen-bond acceptors (Lipinski definition) is 3. The standard InChI is InChI=1S/C15H24N2O/c1-12-9-13(11-17-10-12)14(16-2)15(18-3)7-5-4-6-8-15/h9-11,14,16H,4-8H2,1-3H3. The topological polar surface area (TPSA) is 34.2 Å². The smallest absolute Gasteiger partial charge is 0.0873 e. The fraction of sp³-hybridized carbons (Fsp3) is 0.667. The summed E-state index contributed by atoms with van der Waals surface area (Å²) < 4.78 is 5.94. The molecule has 1 saturated carbocycles. The zero-order valence-electron chi connectivity index (χ0n) is 11.7. The van der Waals surface area contributed by atoms with Gasteiger partial charge in [-0.1, -0.05) is 25.3 Å². The molecule has 1 aliphatic carbocycles. The lowest BCUT2D eigenvalue weighted by Crippen LogP contribution is -2.46. The van der Waals surface area contributed by atoms with Gasteiger partial charge in [0.2, 0.25) is 0 Å². The zero-order chi connectivity index (χ0) is 13.0. The van der Waals surface area contributed by atoms with E-state index >= 15 is 0 Å². The molecule has 3 heteroatoms. The Labute approximate surface area is 110 Å². The molecule has 1 N–H and O–H groups in total. The fourth-order valence-corrected chi connectivity index (χ4v) is 3.23. The minimum Gasteiger partial charge on any atom is -0.376 e. The molecule has 3 nitrogen and oxygen atoms in total. The van der Waals surface area contributed by atoms with Crippen molar-refractivity contribution in [2.24, 2.45) is 0 Å². The molecule has 1 atom stereocenters. The summed E-state index contributed by atoms with van der Waals surface area (Å²) in [5, 5.41) is 3.44. The maximum absolute atomic E-state index is 5.94. The van der Waals surface area contributed by atoms with E-state index < -0.39 is 0 Å². The Morgan fingerprint density at radius 2 is 2.00 bits per heavy atom. The monoisotopic (exact) mass is 248 g/mol. The lowest BCUT2D eigenvalue weighted by Gasteiger charge is -2.42. The van der Waals surface area contributed by atoms with Crippen molar-refractivity contribution in [1.29, 1.82) is 0 Å². The number of likely N-dealkylation sites (N-methyl/N-ethyl adjacent to an activating group) is 1. The van der Waals surface area contributed by atoms with Gasteiger partial charge in [-0.2, -0.15) is 0 Å². The maximum atomic E-state index is 5.94. The van der Waals surface area contributed by atoms with Crippen LogP contribution in [-0.4, -0.2) is 24.7 Å². The Balaban J connectivity index is 2.31. The highest BCUT2D eigenvalue weighted by Crippen LogP contribution is 2.40. The van der Waals surface area contributed by atoms with E-state index in [1.54, 1.807) is 0 Å². The van der Waals surface area contributed by atoms with E-state index in [1.165, 1.54) is 30.4 Å². The number of aromatic nitrogens is 1. The summed E-state index contributed by atoms with van der Waals surface area (Å²) in [6.07, 6.45) is 9.95. The van der Waals surface area contributed by atoms with Gasteiger partial charge >= 0.3 is 0 Å². The molecule has 0 aliphatic heterocycles. The Morgan fingerprint density at radius 1 is 1.28 bits per heavy atom. The molecule has 18 heavy (non-hydrogen) atoms. The van der Waals surface area contributed by atoms with Crippen LogP contribution in [0.25, 0.3) is 0 Å². The predicted octanol–water partition coefficient (Wildman–Crippen LogP) is 3.00. The predicted molar refractivity (Wildman–Crippen MR) is 73.6 cm³/mol. The number of nitrogens with one attached hydrogen (secondary N) is 1. The van der Waals surface area contributed by atoms with E-state index in [9.17, 15) is 0 Å². The molecule has 1 aliphatic rings. The van der Waals surface area contributed by atoms with Crippen LogP contribution >= 0.6 is 0 Å². The highest BCUT2D eigenvalue weighted by Gasteiger charge is 2.40. The Bertz CT molecular complexity index is 386. The van der Waals surface area contributed by atoms with E-state index in [1.807, 2.05) is 26.6 Å². The maximum Gasteiger partial charge on any atom is 0.0873 e. The number of nitrogens with zero attached hydrogens (tertiary/aromatic N) is 1. The highest BCUT2D eigenvalue weighted by atomic mass is 16.5. The normalized spacial score (nSPS) is 20.6. The molecule has 1 unspecified atom stereocenters. The van der Waals surface area contributed by atoms with Crippen LogP contribution in [0.15, 0.2) is 18.5 Å². The number of methoxy groups -OCH3 is 1. The van der Waals surface area contributed by atoms with Crippen LogP contribution < -0.4 is 5.32 Å². The number of aryl methyl sites for hydroxylation is 1. The lowest BCUT2D eigenvalue weighted by atomic mass is 9.77. The van der Waals surface area contributed by atoms with Crippen molar-refractivity contribution in [3.05, 3.63) is 29.6 Å². The first-order valence-electron chi connectivity index (χ1n) is 6.86. The summed E-state index contributed by atoms with van der Waals surface area (Å²) in [4.78, 5) is 4.32. The van der Waals surface area contributed by atoms with Gasteiger partial charge in [0, 0.05) is 19.5 Å². The molecule has 0 aromatic carbocycles. The molecule has 0 radical (unpaired) electrons. The molecule has 1 aromatic rings. The SMILES string of the molecule is CNC(c1cncc(C)c1)C1(OC)CCCCC1. The van der Waals surface area contributed by atoms with Crippen molar-refractivity contribution in [3.63, 3.8) is 0 Å². The summed E-state index contributed by atoms with van der Waals surface area (Å²) in [5.41, 5.74) is 2.37. The van der Waals surface area contributed by atoms with E-state index in [-0.39, 0.29) is 11.6 Å². The van der Waals surface area contributed by atoms with Gasteiger partial charge in [-0.3, -0.25) is 4.98 Å². The molecular formula is C15H24N2O. The first-order chi connectivity index (χ1) is 8.72. The average Bonchev–Trinajstić information content (AvgIpc) is 2.41. The van der Waals surface area contributed by atoms with Gasteiger partial charge in [0.25, 0.3) is 0 Å². The van der Waals surface area contributed by atoms with Gasteiger partial charge < -0.3 is 10.1 Å². The fourth-order valence-electron chi connectivity index (χ4n) is 3.23. The molecule has 0 spiro atoms. The number of ether oxygens (including phenoxy) is 1. The van der Waals surface area contributed by atoms with Gasteiger partial charge in [-0.05, 0) is 37.9 Å². The second-order valence-corrected chi connectivity index (χ2v) is 5.35. The van der Waals surface area contributed by atoms with Crippen LogP contribution in [0, 0.1) is 6.92 Å². The molecular weight excluding hydrogens is 224 g/mol. The van der Waals surface area contributed by atoms with Crippen molar-refractivity contribution < 1.29 is 4.74 Å². The van der Waals surface area contributed by atoms with E-state index in [0.29, 0.717) is 0 Å². The molecule has 0 amide bonds. The summed E-state index contributed by atoms with van der Waals surface area (Å²) in [6, 6.07) is 2.44. The molecule has 1 heterocycles. The van der Waals surface area contributed by atoms with Gasteiger partial charge in [0.05, 0.1) is 11.6 Å². The number of hydrogen-bond donors (Lipinski definition) is 1. The van der Waals surface area contributed by atoms with Crippen molar-refractivity contribution in [3.8, 4) is 0 Å². The summed E-state index contributed by atoms with van der Waals surface area (Å²) in [5.74, 6) is 0. The molecule has 0 bridgehead atoms. The Morgan fingerprint density at radius 3 is 2.56 bits per heavy atom. The largest absolute Gasteiger partial charge is 0.376 e. The lowest BCUT2D eigenvalue weighted by molar-refractivity contribution is -0.0672. The highest BCUT2D eigenvalue weighted by molar-refractivity contribution is 5.23. The third-order valence-electron chi connectivity index (χ3n) is 4.15. The van der Waals surface area contributed by atoms with Gasteiger partial charge in [-0.25, -0.2) is 0 Å². The average molecular weight is 248 g/mol. The molecule has 0 saturated heterocycles. The zero-order valence-corrected chi connectivity index (χ0v) is 11.7. The Kier molecular flexibility index (Phi) is 4.36. The van der Waals surface area contributed by atoms with E-state index in [0.717, 1.165) is 12.8 Å². The molecule has 100 valence electrons. The Hall–Kier alpha value is -0.930. The number of pyridine rings is 1. The van der Waals surface area contributed by atoms with Crippen molar-refractivity contribution in [1.82, 2.24) is 10.3 Å². The minimum absolute atomic E-state index is 0.0670. The van der Waals surface area contributed by atoms with Crippen LogP contribution in [0.4, 0.5) is 0 Å². The molecule has 1 aromatic heterocycles. The van der Waals surface area contributed by atoms with Gasteiger partial charge in [0.1, 0.15) is 0 Å². The number of rotatable bonds is 4. The van der Waals surface area contributed by atoms with Crippen molar-refractivity contribution in [2.75, 3.05) is 14.2 Å². The van der Waals surface area contributed by atoms with Crippen LogP contribution in [0.1, 0.15) is 49.3 Å². The second kappa shape index (κ2) is 5.81. The quantitative estimate of drug-likeness (QED) is 0.889. The third-order valence-corrected chi connectivity index (χ3v) is 4.15. The van der Waals surface area contributed by atoms with Crippen LogP contribution in [0.3, 0.4) is 0 Å². The van der Waals surface area contributed by atoms with Gasteiger partial charge in [0.15, 0.2) is 0 Å².